The van der Waals surface area contributed by atoms with E-state index in [1.54, 1.807) is 12.1 Å². The summed E-state index contributed by atoms with van der Waals surface area (Å²) in [5.74, 6) is 5.90. The average Bonchev–Trinajstić information content (AvgIpc) is 2.34. The van der Waals surface area contributed by atoms with Crippen molar-refractivity contribution < 1.29 is 4.42 Å². The summed E-state index contributed by atoms with van der Waals surface area (Å²) in [6.07, 6.45) is 0. The first-order valence-corrected chi connectivity index (χ1v) is 3.33. The van der Waals surface area contributed by atoms with Crippen LogP contribution in [0.25, 0.3) is 0 Å². The zero-order valence-corrected chi connectivity index (χ0v) is 6.35. The van der Waals surface area contributed by atoms with E-state index in [0.717, 1.165) is 5.76 Å². The average molecular weight is 161 g/mol. The third kappa shape index (κ3) is 1.50. The first-order chi connectivity index (χ1) is 4.74. The van der Waals surface area contributed by atoms with Crippen LogP contribution in [0.5, 0.6) is 0 Å². The molecule has 1 aromatic rings. The normalized spacial score (nSPS) is 13.5. The van der Waals surface area contributed by atoms with Crippen LogP contribution in [0.15, 0.2) is 16.5 Å². The van der Waals surface area contributed by atoms with Gasteiger partial charge in [0, 0.05) is 0 Å². The maximum atomic E-state index is 5.53. The molecule has 0 radical (unpaired) electrons. The van der Waals surface area contributed by atoms with Crippen LogP contribution in [0.1, 0.15) is 18.7 Å². The second-order valence-corrected chi connectivity index (χ2v) is 2.40. The van der Waals surface area contributed by atoms with Crippen molar-refractivity contribution in [3.05, 3.63) is 23.1 Å². The van der Waals surface area contributed by atoms with Crippen LogP contribution < -0.4 is 11.3 Å². The molecule has 0 spiro atoms. The van der Waals surface area contributed by atoms with Gasteiger partial charge in [0.15, 0.2) is 5.22 Å². The summed E-state index contributed by atoms with van der Waals surface area (Å²) in [5.41, 5.74) is 2.54. The number of hydrazine groups is 1. The molecule has 0 aliphatic carbocycles. The molecule has 1 atom stereocenters. The lowest BCUT2D eigenvalue weighted by Crippen LogP contribution is -2.25. The van der Waals surface area contributed by atoms with Crippen molar-refractivity contribution >= 4 is 11.6 Å². The van der Waals surface area contributed by atoms with Crippen molar-refractivity contribution in [3.8, 4) is 0 Å². The van der Waals surface area contributed by atoms with Gasteiger partial charge in [-0.3, -0.25) is 11.3 Å². The number of nitrogens with one attached hydrogen (secondary N) is 1. The second-order valence-electron chi connectivity index (χ2n) is 2.03. The first-order valence-electron chi connectivity index (χ1n) is 2.95. The van der Waals surface area contributed by atoms with Crippen LogP contribution in [0.2, 0.25) is 5.22 Å². The van der Waals surface area contributed by atoms with Gasteiger partial charge in [-0.1, -0.05) is 0 Å². The molecule has 4 heteroatoms. The number of rotatable bonds is 2. The predicted molar refractivity (Wildman–Crippen MR) is 39.5 cm³/mol. The highest BCUT2D eigenvalue weighted by Crippen LogP contribution is 2.18. The minimum absolute atomic E-state index is 0.00694. The molecule has 3 nitrogen and oxygen atoms in total. The van der Waals surface area contributed by atoms with Crippen molar-refractivity contribution in [2.75, 3.05) is 0 Å². The number of nitrogens with two attached hydrogens (primary N) is 1. The summed E-state index contributed by atoms with van der Waals surface area (Å²) in [4.78, 5) is 0. The Morgan fingerprint density at radius 2 is 2.40 bits per heavy atom. The van der Waals surface area contributed by atoms with Crippen molar-refractivity contribution in [2.24, 2.45) is 5.84 Å². The molecule has 10 heavy (non-hydrogen) atoms. The Morgan fingerprint density at radius 3 is 2.80 bits per heavy atom. The van der Waals surface area contributed by atoms with Crippen LogP contribution in [0.4, 0.5) is 0 Å². The van der Waals surface area contributed by atoms with Crippen LogP contribution >= 0.6 is 11.6 Å². The van der Waals surface area contributed by atoms with E-state index in [9.17, 15) is 0 Å². The highest BCUT2D eigenvalue weighted by Gasteiger charge is 2.06. The molecule has 1 unspecified atom stereocenters. The van der Waals surface area contributed by atoms with E-state index in [0.29, 0.717) is 5.22 Å². The fourth-order valence-electron chi connectivity index (χ4n) is 0.643. The topological polar surface area (TPSA) is 51.2 Å². The molecule has 1 aromatic heterocycles. The number of furan rings is 1. The van der Waals surface area contributed by atoms with E-state index >= 15 is 0 Å². The fourth-order valence-corrected chi connectivity index (χ4v) is 0.795. The van der Waals surface area contributed by atoms with Gasteiger partial charge in [-0.2, -0.15) is 0 Å². The highest BCUT2D eigenvalue weighted by atomic mass is 35.5. The third-order valence-electron chi connectivity index (χ3n) is 1.27. The quantitative estimate of drug-likeness (QED) is 0.509. The van der Waals surface area contributed by atoms with Gasteiger partial charge in [-0.05, 0) is 30.7 Å². The third-order valence-corrected chi connectivity index (χ3v) is 1.47. The Hall–Kier alpha value is -0.510. The van der Waals surface area contributed by atoms with Crippen LogP contribution in [0.3, 0.4) is 0 Å². The standard InChI is InChI=1S/C6H9ClN2O/c1-4(9-8)5-2-3-6(7)10-5/h2-4,9H,8H2,1H3. The minimum atomic E-state index is 0.00694. The lowest BCUT2D eigenvalue weighted by molar-refractivity contribution is 0.438. The van der Waals surface area contributed by atoms with E-state index in [-0.39, 0.29) is 6.04 Å². The molecular formula is C6H9ClN2O. The molecule has 0 aliphatic heterocycles. The summed E-state index contributed by atoms with van der Waals surface area (Å²) >= 11 is 5.53. The lowest BCUT2D eigenvalue weighted by Gasteiger charge is -2.03. The molecule has 0 saturated carbocycles. The molecule has 1 rings (SSSR count). The van der Waals surface area contributed by atoms with Crippen LogP contribution in [0, 0.1) is 0 Å². The predicted octanol–water partition coefficient (Wildman–Crippen LogP) is 1.46. The van der Waals surface area contributed by atoms with Crippen molar-refractivity contribution in [1.29, 1.82) is 0 Å². The number of hydrogen-bond donors (Lipinski definition) is 2. The highest BCUT2D eigenvalue weighted by molar-refractivity contribution is 6.28. The van der Waals surface area contributed by atoms with Gasteiger partial charge in [-0.25, -0.2) is 0 Å². The molecule has 0 saturated heterocycles. The molecule has 0 aliphatic rings. The van der Waals surface area contributed by atoms with Gasteiger partial charge < -0.3 is 4.42 Å². The Kier molecular flexibility index (Phi) is 2.32. The Balaban J connectivity index is 2.74. The van der Waals surface area contributed by atoms with E-state index in [1.807, 2.05) is 6.92 Å². The molecule has 56 valence electrons. The summed E-state index contributed by atoms with van der Waals surface area (Å²) in [5, 5.41) is 0.386. The van der Waals surface area contributed by atoms with E-state index < -0.39 is 0 Å². The summed E-state index contributed by atoms with van der Waals surface area (Å²) in [6.45, 7) is 1.88. The molecule has 1 heterocycles. The monoisotopic (exact) mass is 160 g/mol. The number of halogens is 1. The summed E-state index contributed by atoms with van der Waals surface area (Å²) < 4.78 is 5.06. The van der Waals surface area contributed by atoms with Crippen molar-refractivity contribution in [2.45, 2.75) is 13.0 Å². The van der Waals surface area contributed by atoms with Gasteiger partial charge in [0.25, 0.3) is 0 Å². The van der Waals surface area contributed by atoms with Gasteiger partial charge in [-0.15, -0.1) is 0 Å². The molecule has 0 aromatic carbocycles. The number of hydrogen-bond acceptors (Lipinski definition) is 3. The lowest BCUT2D eigenvalue weighted by atomic mass is 10.3. The SMILES string of the molecule is CC(NN)c1ccc(Cl)o1. The molecular weight excluding hydrogens is 152 g/mol. The zero-order chi connectivity index (χ0) is 7.56. The van der Waals surface area contributed by atoms with Crippen molar-refractivity contribution in [1.82, 2.24) is 5.43 Å². The second kappa shape index (κ2) is 3.05. The van der Waals surface area contributed by atoms with Crippen molar-refractivity contribution in [3.63, 3.8) is 0 Å². The maximum absolute atomic E-state index is 5.53. The molecule has 0 fully saturated rings. The smallest absolute Gasteiger partial charge is 0.193 e. The Labute approximate surface area is 64.1 Å². The van der Waals surface area contributed by atoms with Gasteiger partial charge in [0.05, 0.1) is 6.04 Å². The first kappa shape index (κ1) is 7.60. The van der Waals surface area contributed by atoms with E-state index in [1.165, 1.54) is 0 Å². The maximum Gasteiger partial charge on any atom is 0.193 e. The Bertz CT molecular complexity index is 211. The summed E-state index contributed by atoms with van der Waals surface area (Å²) in [6, 6.07) is 3.48. The van der Waals surface area contributed by atoms with Gasteiger partial charge >= 0.3 is 0 Å². The van der Waals surface area contributed by atoms with Gasteiger partial charge in [0.1, 0.15) is 5.76 Å². The fraction of sp³-hybridized carbons (Fsp3) is 0.333. The van der Waals surface area contributed by atoms with Crippen LogP contribution in [-0.2, 0) is 0 Å². The van der Waals surface area contributed by atoms with E-state index in [4.69, 9.17) is 21.9 Å². The molecule has 0 amide bonds. The van der Waals surface area contributed by atoms with E-state index in [2.05, 4.69) is 5.43 Å². The summed E-state index contributed by atoms with van der Waals surface area (Å²) in [7, 11) is 0. The molecule has 3 N–H and O–H groups in total. The largest absolute Gasteiger partial charge is 0.448 e. The molecule has 0 bridgehead atoms. The minimum Gasteiger partial charge on any atom is -0.448 e. The van der Waals surface area contributed by atoms with Gasteiger partial charge in [0.2, 0.25) is 0 Å². The Morgan fingerprint density at radius 1 is 1.70 bits per heavy atom. The zero-order valence-electron chi connectivity index (χ0n) is 5.60. The van der Waals surface area contributed by atoms with Crippen LogP contribution in [-0.4, -0.2) is 0 Å².